The van der Waals surface area contributed by atoms with Crippen molar-refractivity contribution in [2.45, 2.75) is 45.1 Å². The molecule has 0 aromatic carbocycles. The maximum atomic E-state index is 12.3. The smallest absolute Gasteiger partial charge is 0.270 e. The lowest BCUT2D eigenvalue weighted by atomic mass is 9.95. The number of allylic oxidation sites excluding steroid dienone is 1. The zero-order chi connectivity index (χ0) is 15.1. The van der Waals surface area contributed by atoms with Gasteiger partial charge in [0.2, 0.25) is 0 Å². The number of aromatic nitrogens is 1. The standard InChI is InChI=1S/C17H23N3O/c1-3-13-20(4-2)16-12-8-11-15(19-16)17(21)18-14-9-6-5-7-10-14/h3-4,8,11-14H,2,5-7,9-10H2,1H3,(H,18,21)/b13-3-. The molecular weight excluding hydrogens is 262 g/mol. The molecule has 2 rings (SSSR count). The molecule has 0 radical (unpaired) electrons. The Hall–Kier alpha value is -2.10. The second kappa shape index (κ2) is 7.62. The van der Waals surface area contributed by atoms with Crippen LogP contribution < -0.4 is 10.2 Å². The fourth-order valence-corrected chi connectivity index (χ4v) is 2.59. The second-order valence-corrected chi connectivity index (χ2v) is 5.26. The first-order valence-corrected chi connectivity index (χ1v) is 7.56. The Morgan fingerprint density at radius 1 is 1.38 bits per heavy atom. The van der Waals surface area contributed by atoms with Gasteiger partial charge in [0.25, 0.3) is 5.91 Å². The molecule has 0 saturated heterocycles. The third-order valence-corrected chi connectivity index (χ3v) is 3.68. The van der Waals surface area contributed by atoms with Crippen LogP contribution in [0.4, 0.5) is 5.82 Å². The van der Waals surface area contributed by atoms with Gasteiger partial charge in [-0.1, -0.05) is 38.0 Å². The minimum absolute atomic E-state index is 0.0896. The maximum Gasteiger partial charge on any atom is 0.270 e. The predicted molar refractivity (Wildman–Crippen MR) is 86.1 cm³/mol. The van der Waals surface area contributed by atoms with Crippen molar-refractivity contribution in [1.29, 1.82) is 0 Å². The summed E-state index contributed by atoms with van der Waals surface area (Å²) in [4.78, 5) is 18.5. The van der Waals surface area contributed by atoms with Gasteiger partial charge in [-0.15, -0.1) is 0 Å². The van der Waals surface area contributed by atoms with Crippen molar-refractivity contribution in [2.75, 3.05) is 4.90 Å². The Balaban J connectivity index is 2.08. The van der Waals surface area contributed by atoms with Crippen molar-refractivity contribution in [3.63, 3.8) is 0 Å². The highest BCUT2D eigenvalue weighted by molar-refractivity contribution is 5.92. The molecular formula is C17H23N3O. The number of nitrogens with zero attached hydrogens (tertiary/aromatic N) is 2. The van der Waals surface area contributed by atoms with E-state index in [2.05, 4.69) is 16.9 Å². The van der Waals surface area contributed by atoms with E-state index in [0.717, 1.165) is 12.8 Å². The fraction of sp³-hybridized carbons (Fsp3) is 0.412. The summed E-state index contributed by atoms with van der Waals surface area (Å²) in [6.07, 6.45) is 11.2. The first kappa shape index (κ1) is 15.3. The lowest BCUT2D eigenvalue weighted by Gasteiger charge is -2.22. The molecule has 0 aliphatic heterocycles. The monoisotopic (exact) mass is 285 g/mol. The van der Waals surface area contributed by atoms with E-state index in [1.165, 1.54) is 19.3 Å². The normalized spacial score (nSPS) is 15.9. The number of hydrogen-bond donors (Lipinski definition) is 1. The van der Waals surface area contributed by atoms with Crippen LogP contribution in [0.25, 0.3) is 0 Å². The number of pyridine rings is 1. The molecule has 1 aromatic heterocycles. The van der Waals surface area contributed by atoms with Crippen LogP contribution >= 0.6 is 0 Å². The van der Waals surface area contributed by atoms with Gasteiger partial charge in [0.05, 0.1) is 0 Å². The van der Waals surface area contributed by atoms with Crippen LogP contribution in [0.2, 0.25) is 0 Å². The number of carbonyl (C=O) groups excluding carboxylic acids is 1. The van der Waals surface area contributed by atoms with Gasteiger partial charge in [0.1, 0.15) is 11.5 Å². The number of amides is 1. The second-order valence-electron chi connectivity index (χ2n) is 5.26. The molecule has 112 valence electrons. The summed E-state index contributed by atoms with van der Waals surface area (Å²) in [6, 6.07) is 5.75. The number of anilines is 1. The number of carbonyl (C=O) groups is 1. The summed E-state index contributed by atoms with van der Waals surface area (Å²) < 4.78 is 0. The van der Waals surface area contributed by atoms with Gasteiger partial charge in [-0.05, 0) is 31.9 Å². The molecule has 1 N–H and O–H groups in total. The van der Waals surface area contributed by atoms with E-state index in [1.807, 2.05) is 31.3 Å². The van der Waals surface area contributed by atoms with Crippen molar-refractivity contribution in [3.8, 4) is 0 Å². The van der Waals surface area contributed by atoms with E-state index in [0.29, 0.717) is 17.6 Å². The van der Waals surface area contributed by atoms with Gasteiger partial charge in [0, 0.05) is 18.4 Å². The Labute approximate surface area is 126 Å². The van der Waals surface area contributed by atoms with E-state index in [9.17, 15) is 4.79 Å². The molecule has 4 nitrogen and oxygen atoms in total. The van der Waals surface area contributed by atoms with Gasteiger partial charge in [-0.25, -0.2) is 4.98 Å². The summed E-state index contributed by atoms with van der Waals surface area (Å²) >= 11 is 0. The molecule has 1 aliphatic carbocycles. The Morgan fingerprint density at radius 3 is 2.81 bits per heavy atom. The zero-order valence-electron chi connectivity index (χ0n) is 12.6. The highest BCUT2D eigenvalue weighted by Gasteiger charge is 2.17. The van der Waals surface area contributed by atoms with Gasteiger partial charge in [-0.2, -0.15) is 0 Å². The zero-order valence-corrected chi connectivity index (χ0v) is 12.6. The van der Waals surface area contributed by atoms with E-state index < -0.39 is 0 Å². The van der Waals surface area contributed by atoms with Crippen molar-refractivity contribution in [1.82, 2.24) is 10.3 Å². The minimum Gasteiger partial charge on any atom is -0.348 e. The summed E-state index contributed by atoms with van der Waals surface area (Å²) in [5.41, 5.74) is 0.453. The number of nitrogens with one attached hydrogen (secondary N) is 1. The lowest BCUT2D eigenvalue weighted by molar-refractivity contribution is 0.0923. The topological polar surface area (TPSA) is 45.2 Å². The molecule has 21 heavy (non-hydrogen) atoms. The van der Waals surface area contributed by atoms with E-state index in [4.69, 9.17) is 0 Å². The molecule has 1 saturated carbocycles. The van der Waals surface area contributed by atoms with Crippen LogP contribution in [0.1, 0.15) is 49.5 Å². The van der Waals surface area contributed by atoms with E-state index in [-0.39, 0.29) is 5.91 Å². The van der Waals surface area contributed by atoms with Gasteiger partial charge < -0.3 is 10.2 Å². The first-order valence-electron chi connectivity index (χ1n) is 7.56. The van der Waals surface area contributed by atoms with Crippen LogP contribution in [-0.4, -0.2) is 16.9 Å². The predicted octanol–water partition coefficient (Wildman–Crippen LogP) is 3.63. The quantitative estimate of drug-likeness (QED) is 0.898. The number of rotatable bonds is 5. The van der Waals surface area contributed by atoms with Crippen molar-refractivity contribution in [2.24, 2.45) is 0 Å². The summed E-state index contributed by atoms with van der Waals surface area (Å²) in [6.45, 7) is 5.68. The Kier molecular flexibility index (Phi) is 5.55. The number of hydrogen-bond acceptors (Lipinski definition) is 3. The Morgan fingerprint density at radius 2 is 2.14 bits per heavy atom. The third kappa shape index (κ3) is 4.18. The highest BCUT2D eigenvalue weighted by atomic mass is 16.1. The summed E-state index contributed by atoms with van der Waals surface area (Å²) in [5, 5.41) is 3.09. The summed E-state index contributed by atoms with van der Waals surface area (Å²) in [5.74, 6) is 0.604. The van der Waals surface area contributed by atoms with E-state index >= 15 is 0 Å². The minimum atomic E-state index is -0.0896. The first-order chi connectivity index (χ1) is 10.2. The van der Waals surface area contributed by atoms with Gasteiger partial charge in [-0.3, -0.25) is 4.79 Å². The largest absolute Gasteiger partial charge is 0.348 e. The van der Waals surface area contributed by atoms with Crippen molar-refractivity contribution in [3.05, 3.63) is 48.9 Å². The molecule has 0 unspecified atom stereocenters. The fourth-order valence-electron chi connectivity index (χ4n) is 2.59. The van der Waals surface area contributed by atoms with Gasteiger partial charge in [0.15, 0.2) is 0 Å². The molecule has 1 heterocycles. The molecule has 1 amide bonds. The maximum absolute atomic E-state index is 12.3. The molecule has 1 aromatic rings. The van der Waals surface area contributed by atoms with Crippen LogP contribution in [0.3, 0.4) is 0 Å². The molecule has 0 spiro atoms. The van der Waals surface area contributed by atoms with Crippen LogP contribution in [0.15, 0.2) is 43.3 Å². The van der Waals surface area contributed by atoms with E-state index in [1.54, 1.807) is 17.2 Å². The van der Waals surface area contributed by atoms with Crippen LogP contribution in [0, 0.1) is 0 Å². The highest BCUT2D eigenvalue weighted by Crippen LogP contribution is 2.18. The molecule has 0 atom stereocenters. The SMILES string of the molecule is C=CN(/C=C\C)c1cccc(C(=O)NC2CCCCC2)n1. The van der Waals surface area contributed by atoms with Gasteiger partial charge >= 0.3 is 0 Å². The average Bonchev–Trinajstić information content (AvgIpc) is 2.53. The third-order valence-electron chi connectivity index (χ3n) is 3.68. The average molecular weight is 285 g/mol. The molecule has 0 bridgehead atoms. The van der Waals surface area contributed by atoms with Crippen LogP contribution in [0.5, 0.6) is 0 Å². The van der Waals surface area contributed by atoms with Crippen molar-refractivity contribution < 1.29 is 4.79 Å². The van der Waals surface area contributed by atoms with Crippen molar-refractivity contribution >= 4 is 11.7 Å². The molecule has 1 aliphatic rings. The Bertz CT molecular complexity index is 519. The summed E-state index contributed by atoms with van der Waals surface area (Å²) in [7, 11) is 0. The molecule has 4 heteroatoms. The lowest BCUT2D eigenvalue weighted by Crippen LogP contribution is -2.36. The molecule has 1 fully saturated rings. The van der Waals surface area contributed by atoms with Crippen LogP contribution in [-0.2, 0) is 0 Å².